The van der Waals surface area contributed by atoms with Crippen LogP contribution >= 0.6 is 0 Å². The van der Waals surface area contributed by atoms with Gasteiger partial charge in [-0.25, -0.2) is 0 Å². The molecular formula is C16H24N2O2. The van der Waals surface area contributed by atoms with Gasteiger partial charge in [0.2, 0.25) is 0 Å². The Morgan fingerprint density at radius 2 is 2.20 bits per heavy atom. The Labute approximate surface area is 120 Å². The molecule has 2 aliphatic heterocycles. The molecule has 0 spiro atoms. The molecule has 4 heteroatoms. The molecule has 0 amide bonds. The van der Waals surface area contributed by atoms with Crippen molar-refractivity contribution in [2.24, 2.45) is 5.73 Å². The highest BCUT2D eigenvalue weighted by Gasteiger charge is 2.30. The molecule has 110 valence electrons. The molecule has 0 bridgehead atoms. The van der Waals surface area contributed by atoms with Crippen LogP contribution in [0.15, 0.2) is 18.2 Å². The lowest BCUT2D eigenvalue weighted by Gasteiger charge is -2.38. The largest absolute Gasteiger partial charge is 0.488 e. The quantitative estimate of drug-likeness (QED) is 0.905. The molecule has 1 aromatic rings. The summed E-state index contributed by atoms with van der Waals surface area (Å²) in [4.78, 5) is 2.45. The van der Waals surface area contributed by atoms with E-state index in [1.807, 2.05) is 0 Å². The highest BCUT2D eigenvalue weighted by molar-refractivity contribution is 5.40. The fourth-order valence-electron chi connectivity index (χ4n) is 3.08. The van der Waals surface area contributed by atoms with Crippen LogP contribution in [0.1, 0.15) is 18.1 Å². The second-order valence-corrected chi connectivity index (χ2v) is 6.05. The highest BCUT2D eigenvalue weighted by Crippen LogP contribution is 2.30. The van der Waals surface area contributed by atoms with Crippen molar-refractivity contribution in [3.63, 3.8) is 0 Å². The molecule has 1 fully saturated rings. The second kappa shape index (κ2) is 5.72. The van der Waals surface area contributed by atoms with Gasteiger partial charge < -0.3 is 15.2 Å². The summed E-state index contributed by atoms with van der Waals surface area (Å²) >= 11 is 0. The van der Waals surface area contributed by atoms with E-state index in [1.54, 1.807) is 0 Å². The minimum Gasteiger partial charge on any atom is -0.488 e. The summed E-state index contributed by atoms with van der Waals surface area (Å²) in [7, 11) is 0. The number of hydrogen-bond acceptors (Lipinski definition) is 4. The summed E-state index contributed by atoms with van der Waals surface area (Å²) in [6.45, 7) is 7.55. The van der Waals surface area contributed by atoms with Crippen LogP contribution in [0.5, 0.6) is 5.75 Å². The van der Waals surface area contributed by atoms with E-state index in [0.29, 0.717) is 12.6 Å². The van der Waals surface area contributed by atoms with E-state index in [0.717, 1.165) is 31.9 Å². The fraction of sp³-hybridized carbons (Fsp3) is 0.625. The summed E-state index contributed by atoms with van der Waals surface area (Å²) in [6.07, 6.45) is 1.43. The van der Waals surface area contributed by atoms with Gasteiger partial charge in [0.15, 0.2) is 0 Å². The maximum absolute atomic E-state index is 6.07. The molecule has 1 aromatic carbocycles. The predicted octanol–water partition coefficient (Wildman–Crippen LogP) is 1.35. The summed E-state index contributed by atoms with van der Waals surface area (Å²) < 4.78 is 11.8. The van der Waals surface area contributed by atoms with Crippen LogP contribution in [0.3, 0.4) is 0 Å². The Hall–Kier alpha value is -1.10. The van der Waals surface area contributed by atoms with Crippen molar-refractivity contribution in [3.8, 4) is 5.75 Å². The number of hydrogen-bond donors (Lipinski definition) is 1. The maximum atomic E-state index is 6.07. The van der Waals surface area contributed by atoms with Gasteiger partial charge in [-0.1, -0.05) is 17.7 Å². The molecule has 3 atom stereocenters. The molecule has 0 radical (unpaired) electrons. The first-order valence-corrected chi connectivity index (χ1v) is 7.47. The van der Waals surface area contributed by atoms with Crippen molar-refractivity contribution in [3.05, 3.63) is 29.3 Å². The third kappa shape index (κ3) is 2.82. The number of benzene rings is 1. The van der Waals surface area contributed by atoms with Crippen molar-refractivity contribution in [2.75, 3.05) is 26.2 Å². The van der Waals surface area contributed by atoms with E-state index in [4.69, 9.17) is 15.2 Å². The van der Waals surface area contributed by atoms with Gasteiger partial charge in [-0.05, 0) is 25.5 Å². The van der Waals surface area contributed by atoms with E-state index in [9.17, 15) is 0 Å². The average Bonchev–Trinajstić information content (AvgIpc) is 2.82. The van der Waals surface area contributed by atoms with E-state index in [1.165, 1.54) is 11.1 Å². The average molecular weight is 276 g/mol. The summed E-state index contributed by atoms with van der Waals surface area (Å²) in [6, 6.07) is 6.88. The minimum atomic E-state index is 0.164. The van der Waals surface area contributed by atoms with Crippen LogP contribution < -0.4 is 10.5 Å². The zero-order valence-corrected chi connectivity index (χ0v) is 12.3. The van der Waals surface area contributed by atoms with Gasteiger partial charge in [0.1, 0.15) is 11.9 Å². The third-order valence-electron chi connectivity index (χ3n) is 4.29. The Kier molecular flexibility index (Phi) is 3.96. The van der Waals surface area contributed by atoms with Crippen LogP contribution in [-0.4, -0.2) is 49.4 Å². The molecule has 3 unspecified atom stereocenters. The van der Waals surface area contributed by atoms with Crippen molar-refractivity contribution in [2.45, 2.75) is 38.5 Å². The topological polar surface area (TPSA) is 47.7 Å². The first-order valence-electron chi connectivity index (χ1n) is 7.47. The maximum Gasteiger partial charge on any atom is 0.123 e. The molecule has 0 saturated carbocycles. The van der Waals surface area contributed by atoms with Crippen LogP contribution in [-0.2, 0) is 11.2 Å². The zero-order chi connectivity index (χ0) is 14.1. The van der Waals surface area contributed by atoms with Crippen molar-refractivity contribution < 1.29 is 9.47 Å². The molecule has 2 aliphatic rings. The third-order valence-corrected chi connectivity index (χ3v) is 4.29. The van der Waals surface area contributed by atoms with Gasteiger partial charge in [-0.2, -0.15) is 0 Å². The van der Waals surface area contributed by atoms with E-state index in [-0.39, 0.29) is 12.2 Å². The van der Waals surface area contributed by atoms with Crippen LogP contribution in [0.2, 0.25) is 0 Å². The smallest absolute Gasteiger partial charge is 0.123 e. The van der Waals surface area contributed by atoms with Gasteiger partial charge in [0, 0.05) is 32.1 Å². The van der Waals surface area contributed by atoms with Crippen LogP contribution in [0, 0.1) is 6.92 Å². The lowest BCUT2D eigenvalue weighted by Crippen LogP contribution is -2.53. The SMILES string of the molecule is Cc1ccc2c(c1)CC(CN1CC(CN)OCC1C)O2. The molecule has 0 aromatic heterocycles. The van der Waals surface area contributed by atoms with Gasteiger partial charge in [0.25, 0.3) is 0 Å². The van der Waals surface area contributed by atoms with Gasteiger partial charge >= 0.3 is 0 Å². The number of rotatable bonds is 3. The number of fused-ring (bicyclic) bond motifs is 1. The molecule has 4 nitrogen and oxygen atoms in total. The Morgan fingerprint density at radius 3 is 3.00 bits per heavy atom. The number of aryl methyl sites for hydroxylation is 1. The van der Waals surface area contributed by atoms with Crippen molar-refractivity contribution >= 4 is 0 Å². The molecule has 2 N–H and O–H groups in total. The molecule has 2 heterocycles. The molecule has 20 heavy (non-hydrogen) atoms. The van der Waals surface area contributed by atoms with Crippen molar-refractivity contribution in [1.82, 2.24) is 4.90 Å². The number of ether oxygens (including phenoxy) is 2. The van der Waals surface area contributed by atoms with Gasteiger partial charge in [-0.3, -0.25) is 4.90 Å². The van der Waals surface area contributed by atoms with Crippen molar-refractivity contribution in [1.29, 1.82) is 0 Å². The standard InChI is InChI=1S/C16H24N2O2/c1-11-3-4-16-13(5-11)6-14(20-16)8-18-9-15(7-17)19-10-12(18)2/h3-5,12,14-15H,6-10,17H2,1-2H3. The molecule has 1 saturated heterocycles. The Balaban J connectivity index is 1.62. The molecular weight excluding hydrogens is 252 g/mol. The molecule has 0 aliphatic carbocycles. The van der Waals surface area contributed by atoms with E-state index in [2.05, 4.69) is 36.9 Å². The van der Waals surface area contributed by atoms with E-state index < -0.39 is 0 Å². The predicted molar refractivity (Wildman–Crippen MR) is 79.1 cm³/mol. The second-order valence-electron chi connectivity index (χ2n) is 6.05. The molecule has 3 rings (SSSR count). The summed E-state index contributed by atoms with van der Waals surface area (Å²) in [5.41, 5.74) is 8.36. The minimum absolute atomic E-state index is 0.164. The fourth-order valence-corrected chi connectivity index (χ4v) is 3.08. The lowest BCUT2D eigenvalue weighted by atomic mass is 10.1. The monoisotopic (exact) mass is 276 g/mol. The Bertz CT molecular complexity index is 478. The normalized spacial score (nSPS) is 30.1. The lowest BCUT2D eigenvalue weighted by molar-refractivity contribution is -0.0618. The number of nitrogens with zero attached hydrogens (tertiary/aromatic N) is 1. The van der Waals surface area contributed by atoms with Crippen LogP contribution in [0.25, 0.3) is 0 Å². The zero-order valence-electron chi connectivity index (χ0n) is 12.3. The van der Waals surface area contributed by atoms with Gasteiger partial charge in [0.05, 0.1) is 12.7 Å². The van der Waals surface area contributed by atoms with E-state index >= 15 is 0 Å². The first kappa shape index (κ1) is 13.9. The highest BCUT2D eigenvalue weighted by atomic mass is 16.5. The number of nitrogens with two attached hydrogens (primary N) is 1. The summed E-state index contributed by atoms with van der Waals surface area (Å²) in [5, 5.41) is 0. The van der Waals surface area contributed by atoms with Crippen LogP contribution in [0.4, 0.5) is 0 Å². The van der Waals surface area contributed by atoms with Gasteiger partial charge in [-0.15, -0.1) is 0 Å². The Morgan fingerprint density at radius 1 is 1.35 bits per heavy atom. The number of morpholine rings is 1. The summed E-state index contributed by atoms with van der Waals surface area (Å²) in [5.74, 6) is 1.05. The first-order chi connectivity index (χ1) is 9.65.